The molecule has 1 aliphatic rings. The van der Waals surface area contributed by atoms with Gasteiger partial charge in [-0.25, -0.2) is 0 Å². The molecule has 1 aromatic heterocycles. The van der Waals surface area contributed by atoms with Gasteiger partial charge in [0, 0.05) is 25.2 Å². The highest BCUT2D eigenvalue weighted by molar-refractivity contribution is 7.12. The molecule has 3 amide bonds. The minimum Gasteiger partial charge on any atom is -0.354 e. The molecule has 30 heavy (non-hydrogen) atoms. The Hall–Kier alpha value is -2.67. The summed E-state index contributed by atoms with van der Waals surface area (Å²) in [5.41, 5.74) is 1.75. The average Bonchev–Trinajstić information content (AvgIpc) is 3.30. The molecule has 160 valence electrons. The molecule has 0 saturated carbocycles. The summed E-state index contributed by atoms with van der Waals surface area (Å²) < 4.78 is 0. The topological polar surface area (TPSA) is 78.5 Å². The molecule has 0 aliphatic carbocycles. The molecule has 0 bridgehead atoms. The second-order valence-electron chi connectivity index (χ2n) is 7.72. The maximum absolute atomic E-state index is 12.8. The highest BCUT2D eigenvalue weighted by Crippen LogP contribution is 2.23. The van der Waals surface area contributed by atoms with E-state index in [9.17, 15) is 14.4 Å². The first-order valence-corrected chi connectivity index (χ1v) is 11.4. The van der Waals surface area contributed by atoms with Crippen molar-refractivity contribution in [2.24, 2.45) is 5.92 Å². The van der Waals surface area contributed by atoms with Crippen molar-refractivity contribution < 1.29 is 14.4 Å². The van der Waals surface area contributed by atoms with Crippen LogP contribution in [0, 0.1) is 12.8 Å². The lowest BCUT2D eigenvalue weighted by atomic mass is 9.88. The second kappa shape index (κ2) is 10.4. The molecule has 1 saturated heterocycles. The van der Waals surface area contributed by atoms with Crippen molar-refractivity contribution in [3.8, 4) is 0 Å². The molecular weight excluding hydrogens is 398 g/mol. The SMILES string of the molecule is CCCNC(=O)[C@H](NC(=O)c1cccs1)C1CCN(C(=O)c2cccc(C)c2)CC1. The Morgan fingerprint density at radius 1 is 1.17 bits per heavy atom. The first-order valence-electron chi connectivity index (χ1n) is 10.5. The molecule has 0 unspecified atom stereocenters. The van der Waals surface area contributed by atoms with Gasteiger partial charge in [-0.2, -0.15) is 0 Å². The van der Waals surface area contributed by atoms with Gasteiger partial charge in [0.05, 0.1) is 4.88 Å². The summed E-state index contributed by atoms with van der Waals surface area (Å²) in [5.74, 6) is -0.357. The Labute approximate surface area is 181 Å². The van der Waals surface area contributed by atoms with Crippen LogP contribution >= 0.6 is 11.3 Å². The van der Waals surface area contributed by atoms with Crippen LogP contribution in [0.25, 0.3) is 0 Å². The Morgan fingerprint density at radius 3 is 2.57 bits per heavy atom. The van der Waals surface area contributed by atoms with Crippen LogP contribution in [0.1, 0.15) is 51.8 Å². The van der Waals surface area contributed by atoms with Gasteiger partial charge in [0.15, 0.2) is 0 Å². The Bertz CT molecular complexity index is 874. The molecule has 3 rings (SSSR count). The number of thiophene rings is 1. The van der Waals surface area contributed by atoms with Crippen molar-refractivity contribution in [1.29, 1.82) is 0 Å². The molecule has 6 nitrogen and oxygen atoms in total. The summed E-state index contributed by atoms with van der Waals surface area (Å²) in [7, 11) is 0. The van der Waals surface area contributed by atoms with E-state index >= 15 is 0 Å². The van der Waals surface area contributed by atoms with Gasteiger partial charge in [0.25, 0.3) is 11.8 Å². The number of rotatable bonds is 7. The van der Waals surface area contributed by atoms with Crippen molar-refractivity contribution in [3.63, 3.8) is 0 Å². The van der Waals surface area contributed by atoms with E-state index in [1.54, 1.807) is 6.07 Å². The summed E-state index contributed by atoms with van der Waals surface area (Å²) in [6, 6.07) is 10.6. The number of carbonyl (C=O) groups is 3. The number of carbonyl (C=O) groups excluding carboxylic acids is 3. The zero-order chi connectivity index (χ0) is 21.5. The predicted molar refractivity (Wildman–Crippen MR) is 119 cm³/mol. The van der Waals surface area contributed by atoms with Crippen molar-refractivity contribution in [2.45, 2.75) is 39.2 Å². The number of piperidine rings is 1. The molecular formula is C23H29N3O3S. The molecule has 0 spiro atoms. The van der Waals surface area contributed by atoms with Crippen LogP contribution in [0.4, 0.5) is 0 Å². The molecule has 2 aromatic rings. The van der Waals surface area contributed by atoms with E-state index in [-0.39, 0.29) is 23.6 Å². The van der Waals surface area contributed by atoms with Crippen LogP contribution in [-0.2, 0) is 4.79 Å². The van der Waals surface area contributed by atoms with Crippen LogP contribution in [0.3, 0.4) is 0 Å². The van der Waals surface area contributed by atoms with E-state index in [0.29, 0.717) is 42.9 Å². The number of hydrogen-bond donors (Lipinski definition) is 2. The predicted octanol–water partition coefficient (Wildman–Crippen LogP) is 3.23. The minimum atomic E-state index is -0.595. The van der Waals surface area contributed by atoms with Crippen molar-refractivity contribution in [2.75, 3.05) is 19.6 Å². The first kappa shape index (κ1) is 22.0. The van der Waals surface area contributed by atoms with Crippen LogP contribution in [-0.4, -0.2) is 48.3 Å². The molecule has 2 N–H and O–H groups in total. The fourth-order valence-electron chi connectivity index (χ4n) is 3.77. The van der Waals surface area contributed by atoms with Gasteiger partial charge in [0.2, 0.25) is 5.91 Å². The van der Waals surface area contributed by atoms with Crippen LogP contribution < -0.4 is 10.6 Å². The number of nitrogens with one attached hydrogen (secondary N) is 2. The third-order valence-corrected chi connectivity index (χ3v) is 6.30. The van der Waals surface area contributed by atoms with E-state index in [2.05, 4.69) is 10.6 Å². The quantitative estimate of drug-likeness (QED) is 0.712. The van der Waals surface area contributed by atoms with Crippen LogP contribution in [0.5, 0.6) is 0 Å². The monoisotopic (exact) mass is 427 g/mol. The van der Waals surface area contributed by atoms with Gasteiger partial charge in [-0.1, -0.05) is 30.7 Å². The first-order chi connectivity index (χ1) is 14.5. The molecule has 2 heterocycles. The van der Waals surface area contributed by atoms with Crippen molar-refractivity contribution in [1.82, 2.24) is 15.5 Å². The molecule has 7 heteroatoms. The minimum absolute atomic E-state index is 0.00710. The van der Waals surface area contributed by atoms with Gasteiger partial charge in [-0.15, -0.1) is 11.3 Å². The maximum Gasteiger partial charge on any atom is 0.262 e. The van der Waals surface area contributed by atoms with Crippen LogP contribution in [0.15, 0.2) is 41.8 Å². The fourth-order valence-corrected chi connectivity index (χ4v) is 4.40. The maximum atomic E-state index is 12.8. The summed E-state index contributed by atoms with van der Waals surface area (Å²) >= 11 is 1.36. The Morgan fingerprint density at radius 2 is 1.93 bits per heavy atom. The third kappa shape index (κ3) is 5.48. The lowest BCUT2D eigenvalue weighted by Gasteiger charge is -2.35. The van der Waals surface area contributed by atoms with Gasteiger partial charge in [0.1, 0.15) is 6.04 Å². The zero-order valence-corrected chi connectivity index (χ0v) is 18.3. The number of likely N-dealkylation sites (tertiary alicyclic amines) is 1. The number of hydrogen-bond acceptors (Lipinski definition) is 4. The molecule has 0 radical (unpaired) electrons. The third-order valence-electron chi connectivity index (χ3n) is 5.43. The fraction of sp³-hybridized carbons (Fsp3) is 0.435. The van der Waals surface area contributed by atoms with Gasteiger partial charge in [-0.05, 0) is 55.7 Å². The number of benzene rings is 1. The molecule has 1 aliphatic heterocycles. The number of amides is 3. The highest BCUT2D eigenvalue weighted by Gasteiger charge is 2.34. The smallest absolute Gasteiger partial charge is 0.262 e. The Balaban J connectivity index is 1.65. The summed E-state index contributed by atoms with van der Waals surface area (Å²) in [4.78, 5) is 40.6. The average molecular weight is 428 g/mol. The normalized spacial score (nSPS) is 15.5. The van der Waals surface area contributed by atoms with Crippen molar-refractivity contribution >= 4 is 29.1 Å². The van der Waals surface area contributed by atoms with Gasteiger partial charge < -0.3 is 15.5 Å². The Kier molecular flexibility index (Phi) is 7.63. The van der Waals surface area contributed by atoms with E-state index in [1.165, 1.54) is 11.3 Å². The number of nitrogens with zero attached hydrogens (tertiary/aromatic N) is 1. The van der Waals surface area contributed by atoms with E-state index in [4.69, 9.17) is 0 Å². The van der Waals surface area contributed by atoms with Crippen LogP contribution in [0.2, 0.25) is 0 Å². The largest absolute Gasteiger partial charge is 0.354 e. The standard InChI is InChI=1S/C23H29N3O3S/c1-3-11-24-22(28)20(25-21(27)19-8-5-14-30-19)17-9-12-26(13-10-17)23(29)18-7-4-6-16(2)15-18/h4-8,14-15,17,20H,3,9-13H2,1-2H3,(H,24,28)(H,25,27)/t20-/m1/s1. The van der Waals surface area contributed by atoms with Gasteiger partial charge in [-0.3, -0.25) is 14.4 Å². The summed E-state index contributed by atoms with van der Waals surface area (Å²) in [6.07, 6.45) is 2.18. The molecule has 1 aromatic carbocycles. The summed E-state index contributed by atoms with van der Waals surface area (Å²) in [5, 5.41) is 7.70. The van der Waals surface area contributed by atoms with Gasteiger partial charge >= 0.3 is 0 Å². The van der Waals surface area contributed by atoms with E-state index < -0.39 is 6.04 Å². The summed E-state index contributed by atoms with van der Waals surface area (Å²) in [6.45, 7) is 5.69. The highest BCUT2D eigenvalue weighted by atomic mass is 32.1. The molecule has 1 fully saturated rings. The van der Waals surface area contributed by atoms with E-state index in [0.717, 1.165) is 12.0 Å². The lowest BCUT2D eigenvalue weighted by molar-refractivity contribution is -0.124. The number of aryl methyl sites for hydroxylation is 1. The lowest BCUT2D eigenvalue weighted by Crippen LogP contribution is -2.53. The van der Waals surface area contributed by atoms with E-state index in [1.807, 2.05) is 54.5 Å². The second-order valence-corrected chi connectivity index (χ2v) is 8.67. The zero-order valence-electron chi connectivity index (χ0n) is 17.5. The molecule has 1 atom stereocenters. The van der Waals surface area contributed by atoms with Crippen molar-refractivity contribution in [3.05, 3.63) is 57.8 Å².